The van der Waals surface area contributed by atoms with E-state index in [0.717, 1.165) is 48.2 Å². The molecule has 8 heteroatoms. The lowest BCUT2D eigenvalue weighted by molar-refractivity contribution is 0.204. The van der Waals surface area contributed by atoms with Crippen LogP contribution in [0, 0.1) is 17.5 Å². The number of halogens is 3. The van der Waals surface area contributed by atoms with Crippen molar-refractivity contribution in [2.24, 2.45) is 5.73 Å². The zero-order valence-corrected chi connectivity index (χ0v) is 19.3. The molecule has 3 rings (SSSR count). The third-order valence-electron chi connectivity index (χ3n) is 4.02. The van der Waals surface area contributed by atoms with Crippen LogP contribution < -0.4 is 16.5 Å². The van der Waals surface area contributed by atoms with Gasteiger partial charge >= 0.3 is 0 Å². The van der Waals surface area contributed by atoms with Crippen molar-refractivity contribution in [3.05, 3.63) is 77.6 Å². The van der Waals surface area contributed by atoms with Gasteiger partial charge in [-0.2, -0.15) is 0 Å². The van der Waals surface area contributed by atoms with Crippen LogP contribution in [0.1, 0.15) is 37.4 Å². The topological polar surface area (TPSA) is 41.3 Å². The van der Waals surface area contributed by atoms with Crippen LogP contribution in [-0.4, -0.2) is 29.8 Å². The minimum atomic E-state index is -0.584. The number of nitrogens with two attached hydrogens (primary N) is 1. The van der Waals surface area contributed by atoms with Gasteiger partial charge in [0.15, 0.2) is 0 Å². The van der Waals surface area contributed by atoms with E-state index in [1.807, 2.05) is 19.9 Å². The van der Waals surface area contributed by atoms with E-state index in [-0.39, 0.29) is 22.4 Å². The molecule has 0 radical (unpaired) electrons. The van der Waals surface area contributed by atoms with Gasteiger partial charge in [0.25, 0.3) is 0 Å². The number of nitrogens with zero attached hydrogens (tertiary/aromatic N) is 1. The summed E-state index contributed by atoms with van der Waals surface area (Å²) in [5.74, 6) is -1.42. The number of allylic oxidation sites excluding steroid dienone is 1. The maximum Gasteiger partial charge on any atom is 0.133 e. The maximum absolute atomic E-state index is 13.8. The van der Waals surface area contributed by atoms with Gasteiger partial charge in [-0.15, -0.1) is 6.58 Å². The van der Waals surface area contributed by atoms with E-state index < -0.39 is 11.6 Å². The van der Waals surface area contributed by atoms with Crippen LogP contribution in [0.4, 0.5) is 13.2 Å². The number of fused-ring (bicyclic) bond motifs is 1. The van der Waals surface area contributed by atoms with Gasteiger partial charge in [0, 0.05) is 12.6 Å². The Morgan fingerprint density at radius 1 is 1.27 bits per heavy atom. The highest BCUT2D eigenvalue weighted by Crippen LogP contribution is 2.33. The summed E-state index contributed by atoms with van der Waals surface area (Å²) >= 11 is 5.21. The summed E-state index contributed by atoms with van der Waals surface area (Å²) in [5, 5.41) is 2.87. The zero-order chi connectivity index (χ0) is 22.7. The van der Waals surface area contributed by atoms with E-state index in [4.69, 9.17) is 18.0 Å². The monoisotopic (exact) mass is 455 g/mol. The van der Waals surface area contributed by atoms with Crippen LogP contribution in [0.25, 0.3) is 0 Å². The van der Waals surface area contributed by atoms with Crippen molar-refractivity contribution in [2.75, 3.05) is 19.8 Å². The fourth-order valence-corrected chi connectivity index (χ4v) is 4.47. The molecule has 0 saturated carbocycles. The van der Waals surface area contributed by atoms with Crippen LogP contribution in [0.5, 0.6) is 0 Å². The third-order valence-corrected chi connectivity index (χ3v) is 5.71. The second-order valence-corrected chi connectivity index (χ2v) is 8.26. The highest BCUT2D eigenvalue weighted by atomic mass is 32.1. The molecule has 30 heavy (non-hydrogen) atoms. The highest BCUT2D eigenvalue weighted by Gasteiger charge is 2.25. The van der Waals surface area contributed by atoms with Gasteiger partial charge in [-0.3, -0.25) is 0 Å². The van der Waals surface area contributed by atoms with Crippen molar-refractivity contribution >= 4 is 31.1 Å². The van der Waals surface area contributed by atoms with E-state index >= 15 is 0 Å². The molecule has 0 aliphatic carbocycles. The van der Waals surface area contributed by atoms with Crippen LogP contribution >= 0.6 is 20.8 Å². The lowest BCUT2D eigenvalue weighted by Gasteiger charge is -2.34. The van der Waals surface area contributed by atoms with Crippen molar-refractivity contribution in [3.63, 3.8) is 0 Å². The second-order valence-electron chi connectivity index (χ2n) is 6.46. The van der Waals surface area contributed by atoms with E-state index in [9.17, 15) is 13.2 Å². The molecule has 0 amide bonds. The van der Waals surface area contributed by atoms with E-state index in [1.165, 1.54) is 12.1 Å². The van der Waals surface area contributed by atoms with Crippen molar-refractivity contribution in [1.29, 1.82) is 0 Å². The molecule has 3 N–H and O–H groups in total. The fraction of sp³-hybridized carbons (Fsp3) is 0.318. The number of benzene rings is 2. The number of hydrogen-bond acceptors (Lipinski definition) is 3. The van der Waals surface area contributed by atoms with Gasteiger partial charge in [-0.25, -0.2) is 18.2 Å². The molecule has 0 spiro atoms. The van der Waals surface area contributed by atoms with Crippen molar-refractivity contribution < 1.29 is 13.2 Å². The Labute approximate surface area is 184 Å². The highest BCUT2D eigenvalue weighted by molar-refractivity contribution is 7.80. The van der Waals surface area contributed by atoms with Crippen molar-refractivity contribution in [2.45, 2.75) is 26.3 Å². The number of hydrogen-bond donors (Lipinski definition) is 2. The van der Waals surface area contributed by atoms with Crippen LogP contribution in [0.3, 0.4) is 0 Å². The van der Waals surface area contributed by atoms with Gasteiger partial charge in [0.05, 0.1) is 6.04 Å². The van der Waals surface area contributed by atoms with E-state index in [2.05, 4.69) is 12.0 Å². The third kappa shape index (κ3) is 7.80. The first-order valence-corrected chi connectivity index (χ1v) is 11.2. The standard InChI is InChI=1S/C17H16F3N2PS.C3H6.C2H7N/c1-22(21-17(24)12-8-10(18)2-4-14(12)20)15-6-7-23-16-5-3-11(19)9-13(15)16;1-3-2;1-2-3/h2-5,8-9,15,23H,6-7H2,1H3,(H,21,24);3H,1H2,2H3;2-3H2,1H3. The molecule has 2 aromatic rings. The van der Waals surface area contributed by atoms with Crippen molar-refractivity contribution in [1.82, 2.24) is 10.4 Å². The van der Waals surface area contributed by atoms with Gasteiger partial charge in [-0.1, -0.05) is 39.9 Å². The summed E-state index contributed by atoms with van der Waals surface area (Å²) in [6.07, 6.45) is 3.59. The van der Waals surface area contributed by atoms with Gasteiger partial charge in [0.2, 0.25) is 0 Å². The molecule has 0 bridgehead atoms. The molecule has 2 unspecified atom stereocenters. The Balaban J connectivity index is 0.000000672. The molecule has 1 heterocycles. The summed E-state index contributed by atoms with van der Waals surface area (Å²) in [7, 11) is 2.42. The quantitative estimate of drug-likeness (QED) is 0.301. The smallest absolute Gasteiger partial charge is 0.133 e. The van der Waals surface area contributed by atoms with Crippen LogP contribution in [-0.2, 0) is 0 Å². The summed E-state index contributed by atoms with van der Waals surface area (Å²) < 4.78 is 40.8. The normalized spacial score (nSPS) is 15.3. The van der Waals surface area contributed by atoms with Crippen LogP contribution in [0.2, 0.25) is 0 Å². The first-order valence-electron chi connectivity index (χ1n) is 9.58. The maximum atomic E-state index is 13.8. The predicted octanol–water partition coefficient (Wildman–Crippen LogP) is 4.82. The number of hydrazine groups is 1. The predicted molar refractivity (Wildman–Crippen MR) is 126 cm³/mol. The number of nitrogens with one attached hydrogen (secondary N) is 1. The Morgan fingerprint density at radius 2 is 1.83 bits per heavy atom. The molecule has 3 nitrogen and oxygen atoms in total. The Kier molecular flexibility index (Phi) is 11.8. The Bertz CT molecular complexity index is 848. The molecular formula is C22H29F3N3PS. The number of rotatable bonds is 3. The SMILES string of the molecule is C=CC.CCN.CN(NC(=S)c1cc(F)ccc1F)C1CCPc2ccc(F)cc21. The lowest BCUT2D eigenvalue weighted by Crippen LogP contribution is -2.43. The number of thiocarbonyl (C=S) groups is 1. The minimum Gasteiger partial charge on any atom is -0.331 e. The van der Waals surface area contributed by atoms with Gasteiger partial charge < -0.3 is 11.2 Å². The zero-order valence-electron chi connectivity index (χ0n) is 17.5. The first-order chi connectivity index (χ1) is 14.3. The summed E-state index contributed by atoms with van der Waals surface area (Å²) in [6.45, 7) is 7.90. The molecule has 0 fully saturated rings. The Hall–Kier alpha value is -1.79. The average Bonchev–Trinajstić information content (AvgIpc) is 2.70. The van der Waals surface area contributed by atoms with Crippen LogP contribution in [0.15, 0.2) is 49.1 Å². The van der Waals surface area contributed by atoms with Crippen molar-refractivity contribution in [3.8, 4) is 0 Å². The minimum absolute atomic E-state index is 0.00833. The molecular weight excluding hydrogens is 426 g/mol. The van der Waals surface area contributed by atoms with Gasteiger partial charge in [0.1, 0.15) is 22.4 Å². The van der Waals surface area contributed by atoms with E-state index in [0.29, 0.717) is 8.58 Å². The molecule has 2 aromatic carbocycles. The molecule has 0 saturated heterocycles. The molecule has 0 aromatic heterocycles. The molecule has 1 aliphatic rings. The average molecular weight is 456 g/mol. The Morgan fingerprint density at radius 3 is 2.47 bits per heavy atom. The second kappa shape index (κ2) is 13.5. The summed E-state index contributed by atoms with van der Waals surface area (Å²) in [5.41, 5.74) is 8.70. The lowest BCUT2D eigenvalue weighted by atomic mass is 10.0. The molecule has 164 valence electrons. The summed E-state index contributed by atoms with van der Waals surface area (Å²) in [4.78, 5) is 0.0977. The van der Waals surface area contributed by atoms with E-state index in [1.54, 1.807) is 18.1 Å². The fourth-order valence-electron chi connectivity index (χ4n) is 2.84. The first kappa shape index (κ1) is 26.2. The van der Waals surface area contributed by atoms with Gasteiger partial charge in [-0.05, 0) is 67.3 Å². The largest absolute Gasteiger partial charge is 0.331 e. The molecule has 1 aliphatic heterocycles. The summed E-state index contributed by atoms with van der Waals surface area (Å²) in [6, 6.07) is 7.90. The molecule has 2 atom stereocenters.